The van der Waals surface area contributed by atoms with E-state index >= 15 is 0 Å². The fourth-order valence-corrected chi connectivity index (χ4v) is 5.32. The van der Waals surface area contributed by atoms with Gasteiger partial charge in [-0.1, -0.05) is 0 Å². The van der Waals surface area contributed by atoms with Crippen LogP contribution < -0.4 is 5.73 Å². The van der Waals surface area contributed by atoms with Crippen LogP contribution in [0.5, 0.6) is 0 Å². The van der Waals surface area contributed by atoms with E-state index in [2.05, 4.69) is 4.74 Å². The fraction of sp³-hybridized carbons (Fsp3) is 0.267. The predicted octanol–water partition coefficient (Wildman–Crippen LogP) is 2.65. The average Bonchev–Trinajstić information content (AvgIpc) is 3.03. The Morgan fingerprint density at radius 1 is 1.21 bits per heavy atom. The zero-order valence-corrected chi connectivity index (χ0v) is 15.1. The highest BCUT2D eigenvalue weighted by Gasteiger charge is 2.20. The molecule has 0 aliphatic carbocycles. The lowest BCUT2D eigenvalue weighted by atomic mass is 10.4. The van der Waals surface area contributed by atoms with Gasteiger partial charge in [-0.25, -0.2) is 13.2 Å². The molecular weight excluding hydrogens is 370 g/mol. The van der Waals surface area contributed by atoms with Crippen molar-refractivity contribution in [3.63, 3.8) is 0 Å². The molecule has 1 aromatic heterocycles. The molecule has 0 bridgehead atoms. The van der Waals surface area contributed by atoms with Gasteiger partial charge in [-0.2, -0.15) is 0 Å². The molecular formula is C15H17NO5S3. The number of amides is 1. The maximum Gasteiger partial charge on any atom is 0.404 e. The van der Waals surface area contributed by atoms with E-state index in [0.29, 0.717) is 11.3 Å². The summed E-state index contributed by atoms with van der Waals surface area (Å²) in [4.78, 5) is 12.4. The van der Waals surface area contributed by atoms with Gasteiger partial charge in [0.1, 0.15) is 10.8 Å². The van der Waals surface area contributed by atoms with Crippen molar-refractivity contribution in [2.45, 2.75) is 27.0 Å². The summed E-state index contributed by atoms with van der Waals surface area (Å²) in [5.41, 5.74) is 4.89. The largest absolute Gasteiger partial charge is 0.444 e. The number of aliphatic hydroxyl groups is 1. The van der Waals surface area contributed by atoms with E-state index in [1.165, 1.54) is 6.07 Å². The van der Waals surface area contributed by atoms with Crippen molar-refractivity contribution in [1.29, 1.82) is 0 Å². The van der Waals surface area contributed by atoms with Crippen LogP contribution >= 0.6 is 23.1 Å². The van der Waals surface area contributed by atoms with E-state index in [0.717, 1.165) is 22.0 Å². The minimum atomic E-state index is -3.60. The van der Waals surface area contributed by atoms with Crippen molar-refractivity contribution in [2.75, 3.05) is 12.4 Å². The maximum atomic E-state index is 12.6. The smallest absolute Gasteiger partial charge is 0.404 e. The van der Waals surface area contributed by atoms with Crippen LogP contribution in [-0.4, -0.2) is 32.0 Å². The molecule has 130 valence electrons. The highest BCUT2D eigenvalue weighted by molar-refractivity contribution is 7.99. The molecule has 0 spiro atoms. The third-order valence-electron chi connectivity index (χ3n) is 2.96. The summed E-state index contributed by atoms with van der Waals surface area (Å²) < 4.78 is 30.0. The van der Waals surface area contributed by atoms with Crippen molar-refractivity contribution >= 4 is 39.0 Å². The first-order chi connectivity index (χ1) is 11.4. The summed E-state index contributed by atoms with van der Waals surface area (Å²) >= 11 is 2.61. The third-order valence-corrected chi connectivity index (χ3v) is 7.38. The van der Waals surface area contributed by atoms with Crippen molar-refractivity contribution in [1.82, 2.24) is 0 Å². The molecule has 0 radical (unpaired) electrons. The number of carbonyl (C=O) groups is 1. The van der Waals surface area contributed by atoms with Gasteiger partial charge >= 0.3 is 6.09 Å². The van der Waals surface area contributed by atoms with Gasteiger partial charge in [0.25, 0.3) is 0 Å². The van der Waals surface area contributed by atoms with Crippen LogP contribution in [0.4, 0.5) is 4.79 Å². The lowest BCUT2D eigenvalue weighted by Gasteiger charge is -2.04. The van der Waals surface area contributed by atoms with Gasteiger partial charge in [0.2, 0.25) is 9.84 Å². The summed E-state index contributed by atoms with van der Waals surface area (Å²) in [6.45, 7) is 0.0929. The van der Waals surface area contributed by atoms with Gasteiger partial charge in [-0.05, 0) is 42.8 Å². The molecule has 2 rings (SSSR count). The standard InChI is InChI=1S/C15H17NO5S3/c16-15(18)21-10-12-4-7-14(23-12)24(19,20)13-5-2-11(3-6-13)22-9-1-8-17/h2-7,17H,1,8-10H2,(H2,16,18). The van der Waals surface area contributed by atoms with Crippen molar-refractivity contribution < 1.29 is 23.1 Å². The number of thiophene rings is 1. The Labute approximate surface area is 148 Å². The summed E-state index contributed by atoms with van der Waals surface area (Å²) in [7, 11) is -3.60. The van der Waals surface area contributed by atoms with Gasteiger partial charge in [0, 0.05) is 22.1 Å². The monoisotopic (exact) mass is 387 g/mol. The molecule has 2 aromatic rings. The molecule has 0 aliphatic heterocycles. The van der Waals surface area contributed by atoms with Gasteiger partial charge in [-0.15, -0.1) is 23.1 Å². The first kappa shape index (κ1) is 18.8. The lowest BCUT2D eigenvalue weighted by Crippen LogP contribution is -2.12. The van der Waals surface area contributed by atoms with Crippen LogP contribution in [0.3, 0.4) is 0 Å². The number of thioether (sulfide) groups is 1. The summed E-state index contributed by atoms with van der Waals surface area (Å²) in [5, 5.41) is 8.77. The number of benzene rings is 1. The Bertz CT molecular complexity index is 784. The molecule has 1 aromatic carbocycles. The Balaban J connectivity index is 2.10. The number of hydrogen-bond acceptors (Lipinski definition) is 7. The topological polar surface area (TPSA) is 107 Å². The van der Waals surface area contributed by atoms with Crippen molar-refractivity contribution in [3.05, 3.63) is 41.3 Å². The number of rotatable bonds is 8. The van der Waals surface area contributed by atoms with Gasteiger partial charge < -0.3 is 15.6 Å². The number of hydrogen-bond donors (Lipinski definition) is 2. The van der Waals surface area contributed by atoms with E-state index in [4.69, 9.17) is 10.8 Å². The molecule has 0 fully saturated rings. The predicted molar refractivity (Wildman–Crippen MR) is 93.0 cm³/mol. The quantitative estimate of drug-likeness (QED) is 0.533. The molecule has 0 unspecified atom stereocenters. The molecule has 1 heterocycles. The third kappa shape index (κ3) is 4.97. The summed E-state index contributed by atoms with van der Waals surface area (Å²) in [5.74, 6) is 0.775. The zero-order chi connectivity index (χ0) is 17.6. The van der Waals surface area contributed by atoms with Crippen molar-refractivity contribution in [3.8, 4) is 0 Å². The zero-order valence-electron chi connectivity index (χ0n) is 12.7. The van der Waals surface area contributed by atoms with Crippen LogP contribution in [0.15, 0.2) is 50.4 Å². The van der Waals surface area contributed by atoms with E-state index < -0.39 is 15.9 Å². The fourth-order valence-electron chi connectivity index (χ4n) is 1.81. The van der Waals surface area contributed by atoms with E-state index in [9.17, 15) is 13.2 Å². The van der Waals surface area contributed by atoms with E-state index in [1.54, 1.807) is 42.1 Å². The average molecular weight is 388 g/mol. The minimum Gasteiger partial charge on any atom is -0.444 e. The number of carbonyl (C=O) groups excluding carboxylic acids is 1. The number of aliphatic hydroxyl groups excluding tert-OH is 1. The van der Waals surface area contributed by atoms with Crippen LogP contribution in [0, 0.1) is 0 Å². The molecule has 6 nitrogen and oxygen atoms in total. The van der Waals surface area contributed by atoms with Crippen LogP contribution in [0.1, 0.15) is 11.3 Å². The Kier molecular flexibility index (Phi) is 6.67. The highest BCUT2D eigenvalue weighted by Crippen LogP contribution is 2.29. The molecule has 3 N–H and O–H groups in total. The summed E-state index contributed by atoms with van der Waals surface area (Å²) in [6, 6.07) is 9.72. The second-order valence-electron chi connectivity index (χ2n) is 4.73. The molecule has 0 atom stereocenters. The number of nitrogens with two attached hydrogens (primary N) is 1. The van der Waals surface area contributed by atoms with Gasteiger partial charge in [-0.3, -0.25) is 0 Å². The Morgan fingerprint density at radius 2 is 1.92 bits per heavy atom. The SMILES string of the molecule is NC(=O)OCc1ccc(S(=O)(=O)c2ccc(SCCCO)cc2)s1. The lowest BCUT2D eigenvalue weighted by molar-refractivity contribution is 0.151. The van der Waals surface area contributed by atoms with Crippen LogP contribution in [0.2, 0.25) is 0 Å². The maximum absolute atomic E-state index is 12.6. The minimum absolute atomic E-state index is 0.0457. The molecule has 0 aliphatic rings. The molecule has 1 amide bonds. The summed E-state index contributed by atoms with van der Waals surface area (Å²) in [6.07, 6.45) is -0.210. The van der Waals surface area contributed by atoms with Crippen LogP contribution in [0.25, 0.3) is 0 Å². The molecule has 24 heavy (non-hydrogen) atoms. The van der Waals surface area contributed by atoms with Crippen molar-refractivity contribution in [2.24, 2.45) is 5.73 Å². The number of primary amides is 1. The molecule has 0 saturated carbocycles. The first-order valence-electron chi connectivity index (χ1n) is 7.03. The number of ether oxygens (including phenoxy) is 1. The van der Waals surface area contributed by atoms with Crippen LogP contribution in [-0.2, 0) is 21.2 Å². The highest BCUT2D eigenvalue weighted by atomic mass is 32.2. The molecule has 9 heteroatoms. The van der Waals surface area contributed by atoms with E-state index in [1.807, 2.05) is 0 Å². The van der Waals surface area contributed by atoms with Gasteiger partial charge in [0.05, 0.1) is 4.90 Å². The molecule has 0 saturated heterocycles. The Morgan fingerprint density at radius 3 is 2.54 bits per heavy atom. The Hall–Kier alpha value is -1.55. The van der Waals surface area contributed by atoms with E-state index in [-0.39, 0.29) is 22.3 Å². The second kappa shape index (κ2) is 8.52. The second-order valence-corrected chi connectivity index (χ2v) is 9.24. The number of sulfone groups is 1. The van der Waals surface area contributed by atoms with Gasteiger partial charge in [0.15, 0.2) is 0 Å². The first-order valence-corrected chi connectivity index (χ1v) is 10.3. The normalized spacial score (nSPS) is 11.4.